The van der Waals surface area contributed by atoms with Gasteiger partial charge in [0.2, 0.25) is 5.91 Å². The van der Waals surface area contributed by atoms with Gasteiger partial charge in [0.25, 0.3) is 0 Å². The van der Waals surface area contributed by atoms with Crippen molar-refractivity contribution in [3.63, 3.8) is 0 Å². The van der Waals surface area contributed by atoms with Crippen molar-refractivity contribution in [2.45, 2.75) is 19.3 Å². The highest BCUT2D eigenvalue weighted by Crippen LogP contribution is 2.40. The van der Waals surface area contributed by atoms with Gasteiger partial charge >= 0.3 is 0 Å². The summed E-state index contributed by atoms with van der Waals surface area (Å²) in [7, 11) is 0. The number of nitrogens with one attached hydrogen (secondary N) is 1. The molecule has 1 fully saturated rings. The van der Waals surface area contributed by atoms with Crippen LogP contribution in [-0.2, 0) is 4.79 Å². The first kappa shape index (κ1) is 11.6. The van der Waals surface area contributed by atoms with E-state index in [2.05, 4.69) is 5.32 Å². The lowest BCUT2D eigenvalue weighted by Crippen LogP contribution is -2.47. The Morgan fingerprint density at radius 2 is 2.29 bits per heavy atom. The van der Waals surface area contributed by atoms with E-state index in [-0.39, 0.29) is 11.3 Å². The molecule has 2 rings (SSSR count). The molecule has 0 heterocycles. The van der Waals surface area contributed by atoms with Crippen molar-refractivity contribution < 1.29 is 4.79 Å². The molecule has 0 saturated heterocycles. The van der Waals surface area contributed by atoms with Crippen LogP contribution in [0.2, 0.25) is 0 Å². The van der Waals surface area contributed by atoms with Crippen molar-refractivity contribution in [1.29, 1.82) is 5.26 Å². The van der Waals surface area contributed by atoms with Gasteiger partial charge in [0, 0.05) is 12.2 Å². The fourth-order valence-electron chi connectivity index (χ4n) is 2.06. The molecule has 88 valence electrons. The number of rotatable bonds is 3. The van der Waals surface area contributed by atoms with Crippen molar-refractivity contribution in [3.8, 4) is 6.07 Å². The maximum atomic E-state index is 12.1. The SMILES string of the molecule is N#Cc1cccc(NC(=O)C2(CN)CCC2)c1. The van der Waals surface area contributed by atoms with Crippen LogP contribution < -0.4 is 11.1 Å². The van der Waals surface area contributed by atoms with Gasteiger partial charge in [-0.3, -0.25) is 4.79 Å². The monoisotopic (exact) mass is 229 g/mol. The normalized spacial score (nSPS) is 16.7. The Kier molecular flexibility index (Phi) is 3.12. The van der Waals surface area contributed by atoms with E-state index in [1.807, 2.05) is 6.07 Å². The highest BCUT2D eigenvalue weighted by molar-refractivity contribution is 5.96. The molecular weight excluding hydrogens is 214 g/mol. The van der Waals surface area contributed by atoms with Gasteiger partial charge in [-0.1, -0.05) is 12.5 Å². The number of carbonyl (C=O) groups excluding carboxylic acids is 1. The predicted octanol–water partition coefficient (Wildman–Crippen LogP) is 1.63. The first-order valence-electron chi connectivity index (χ1n) is 5.72. The molecule has 0 spiro atoms. The Labute approximate surface area is 100 Å². The minimum atomic E-state index is -0.386. The Hall–Kier alpha value is -1.86. The molecule has 3 N–H and O–H groups in total. The fraction of sp³-hybridized carbons (Fsp3) is 0.385. The van der Waals surface area contributed by atoms with Crippen molar-refractivity contribution in [2.24, 2.45) is 11.1 Å². The Bertz CT molecular complexity index is 466. The summed E-state index contributed by atoms with van der Waals surface area (Å²) in [6, 6.07) is 8.95. The van der Waals surface area contributed by atoms with E-state index < -0.39 is 0 Å². The second-order valence-electron chi connectivity index (χ2n) is 4.48. The van der Waals surface area contributed by atoms with Gasteiger partial charge in [-0.15, -0.1) is 0 Å². The maximum Gasteiger partial charge on any atom is 0.231 e. The molecule has 0 aliphatic heterocycles. The van der Waals surface area contributed by atoms with Gasteiger partial charge in [0.05, 0.1) is 17.0 Å². The molecule has 1 aliphatic carbocycles. The van der Waals surface area contributed by atoms with E-state index in [1.165, 1.54) is 0 Å². The zero-order valence-corrected chi connectivity index (χ0v) is 9.57. The molecule has 0 aromatic heterocycles. The number of anilines is 1. The second-order valence-corrected chi connectivity index (χ2v) is 4.48. The number of hydrogen-bond donors (Lipinski definition) is 2. The first-order valence-corrected chi connectivity index (χ1v) is 5.72. The lowest BCUT2D eigenvalue weighted by atomic mass is 9.68. The topological polar surface area (TPSA) is 78.9 Å². The number of benzene rings is 1. The third kappa shape index (κ3) is 2.15. The standard InChI is InChI=1S/C13H15N3O/c14-8-10-3-1-4-11(7-10)16-12(17)13(9-15)5-2-6-13/h1,3-4,7H,2,5-6,9,15H2,(H,16,17). The van der Waals surface area contributed by atoms with Crippen molar-refractivity contribution in [2.75, 3.05) is 11.9 Å². The molecule has 1 aromatic carbocycles. The van der Waals surface area contributed by atoms with Gasteiger partial charge < -0.3 is 11.1 Å². The molecule has 1 saturated carbocycles. The lowest BCUT2D eigenvalue weighted by molar-refractivity contribution is -0.129. The summed E-state index contributed by atoms with van der Waals surface area (Å²) in [5.74, 6) is -0.0265. The highest BCUT2D eigenvalue weighted by atomic mass is 16.2. The average Bonchev–Trinajstić information content (AvgIpc) is 2.28. The van der Waals surface area contributed by atoms with Crippen LogP contribution in [0.5, 0.6) is 0 Å². The summed E-state index contributed by atoms with van der Waals surface area (Å²) in [5, 5.41) is 11.6. The molecule has 0 unspecified atom stereocenters. The zero-order chi connectivity index (χ0) is 12.3. The molecule has 0 radical (unpaired) electrons. The average molecular weight is 229 g/mol. The van der Waals surface area contributed by atoms with Gasteiger partial charge in [0.15, 0.2) is 0 Å². The number of hydrogen-bond acceptors (Lipinski definition) is 3. The van der Waals surface area contributed by atoms with Crippen LogP contribution in [0.1, 0.15) is 24.8 Å². The van der Waals surface area contributed by atoms with E-state index in [0.29, 0.717) is 17.8 Å². The van der Waals surface area contributed by atoms with Crippen LogP contribution >= 0.6 is 0 Å². The second kappa shape index (κ2) is 4.56. The lowest BCUT2D eigenvalue weighted by Gasteiger charge is -2.39. The highest BCUT2D eigenvalue weighted by Gasteiger charge is 2.42. The molecule has 17 heavy (non-hydrogen) atoms. The molecule has 4 heteroatoms. The van der Waals surface area contributed by atoms with Gasteiger partial charge in [-0.25, -0.2) is 0 Å². The molecule has 0 atom stereocenters. The predicted molar refractivity (Wildman–Crippen MR) is 65.1 cm³/mol. The molecular formula is C13H15N3O. The number of nitriles is 1. The van der Waals surface area contributed by atoms with E-state index >= 15 is 0 Å². The minimum Gasteiger partial charge on any atom is -0.329 e. The number of amides is 1. The maximum absolute atomic E-state index is 12.1. The molecule has 1 aromatic rings. The van der Waals surface area contributed by atoms with Gasteiger partial charge in [-0.05, 0) is 31.0 Å². The molecule has 0 bridgehead atoms. The quantitative estimate of drug-likeness (QED) is 0.826. The summed E-state index contributed by atoms with van der Waals surface area (Å²) >= 11 is 0. The summed E-state index contributed by atoms with van der Waals surface area (Å²) < 4.78 is 0. The molecule has 1 aliphatic rings. The van der Waals surface area contributed by atoms with Gasteiger partial charge in [0.1, 0.15) is 0 Å². The van der Waals surface area contributed by atoms with Gasteiger partial charge in [-0.2, -0.15) is 5.26 Å². The Balaban J connectivity index is 2.10. The summed E-state index contributed by atoms with van der Waals surface area (Å²) in [4.78, 5) is 12.1. The minimum absolute atomic E-state index is 0.0265. The Morgan fingerprint density at radius 1 is 1.53 bits per heavy atom. The van der Waals surface area contributed by atoms with Crippen LogP contribution in [0.3, 0.4) is 0 Å². The third-order valence-electron chi connectivity index (χ3n) is 3.43. The van der Waals surface area contributed by atoms with Crippen molar-refractivity contribution in [1.82, 2.24) is 0 Å². The smallest absolute Gasteiger partial charge is 0.231 e. The number of nitrogens with zero attached hydrogens (tertiary/aromatic N) is 1. The third-order valence-corrected chi connectivity index (χ3v) is 3.43. The molecule has 1 amide bonds. The van der Waals surface area contributed by atoms with E-state index in [0.717, 1.165) is 19.3 Å². The van der Waals surface area contributed by atoms with E-state index in [4.69, 9.17) is 11.0 Å². The number of carbonyl (C=O) groups is 1. The van der Waals surface area contributed by atoms with Crippen LogP contribution in [0.4, 0.5) is 5.69 Å². The Morgan fingerprint density at radius 3 is 2.82 bits per heavy atom. The zero-order valence-electron chi connectivity index (χ0n) is 9.57. The van der Waals surface area contributed by atoms with E-state index in [1.54, 1.807) is 24.3 Å². The first-order chi connectivity index (χ1) is 8.20. The van der Waals surface area contributed by atoms with Crippen molar-refractivity contribution >= 4 is 11.6 Å². The number of nitrogens with two attached hydrogens (primary N) is 1. The van der Waals surface area contributed by atoms with Crippen LogP contribution in [0.15, 0.2) is 24.3 Å². The summed E-state index contributed by atoms with van der Waals surface area (Å²) in [5.41, 5.74) is 6.48. The van der Waals surface area contributed by atoms with E-state index in [9.17, 15) is 4.79 Å². The van der Waals surface area contributed by atoms with Crippen LogP contribution in [0, 0.1) is 16.7 Å². The van der Waals surface area contributed by atoms with Crippen molar-refractivity contribution in [3.05, 3.63) is 29.8 Å². The summed E-state index contributed by atoms with van der Waals surface area (Å²) in [6.45, 7) is 0.386. The fourth-order valence-corrected chi connectivity index (χ4v) is 2.06. The van der Waals surface area contributed by atoms with Crippen LogP contribution in [-0.4, -0.2) is 12.5 Å². The van der Waals surface area contributed by atoms with Crippen LogP contribution in [0.25, 0.3) is 0 Å². The largest absolute Gasteiger partial charge is 0.329 e. The summed E-state index contributed by atoms with van der Waals surface area (Å²) in [6.07, 6.45) is 2.77. The molecule has 4 nitrogen and oxygen atoms in total.